The van der Waals surface area contributed by atoms with Gasteiger partial charge in [-0.2, -0.15) is 8.78 Å². The summed E-state index contributed by atoms with van der Waals surface area (Å²) < 4.78 is 45.2. The molecule has 0 aliphatic heterocycles. The normalized spacial score (nSPS) is 19.7. The highest BCUT2D eigenvalue weighted by atomic mass is 35.5. The summed E-state index contributed by atoms with van der Waals surface area (Å²) in [5.41, 5.74) is -0.0431. The number of alkyl halides is 2. The zero-order valence-electron chi connectivity index (χ0n) is 21.5. The molecule has 1 atom stereocenters. The molecule has 1 fully saturated rings. The second-order valence-corrected chi connectivity index (χ2v) is 10.6. The number of rotatable bonds is 9. The molecule has 0 radical (unpaired) electrons. The van der Waals surface area contributed by atoms with Crippen LogP contribution in [0.4, 0.5) is 18.9 Å². The first-order chi connectivity index (χ1) is 18.9. The zero-order chi connectivity index (χ0) is 29.0. The van der Waals surface area contributed by atoms with Crippen LogP contribution in [-0.4, -0.2) is 39.3 Å². The molecule has 1 unspecified atom stereocenters. The highest BCUT2D eigenvalue weighted by Crippen LogP contribution is 2.39. The molecular weight excluding hydrogens is 549 g/mol. The van der Waals surface area contributed by atoms with Gasteiger partial charge in [-0.3, -0.25) is 9.78 Å². The number of aromatic carboxylic acids is 1. The predicted octanol–water partition coefficient (Wildman–Crippen LogP) is 6.89. The number of pyridine rings is 1. The third kappa shape index (κ3) is 7.11. The fraction of sp³-hybridized carbons (Fsp3) is 0.345. The highest BCUT2D eigenvalue weighted by molar-refractivity contribution is 6.31. The predicted molar refractivity (Wildman–Crippen MR) is 143 cm³/mol. The van der Waals surface area contributed by atoms with Gasteiger partial charge in [-0.05, 0) is 87.4 Å². The number of halogens is 4. The Bertz CT molecular complexity index is 1360. The molecule has 0 bridgehead atoms. The fourth-order valence-electron chi connectivity index (χ4n) is 4.91. The summed E-state index contributed by atoms with van der Waals surface area (Å²) in [5.74, 6) is -3.42. The van der Waals surface area contributed by atoms with Crippen molar-refractivity contribution in [3.8, 4) is 16.9 Å². The molecule has 7 nitrogen and oxygen atoms in total. The third-order valence-corrected chi connectivity index (χ3v) is 7.46. The Kier molecular flexibility index (Phi) is 9.00. The smallest absolute Gasteiger partial charge is 0.387 e. The molecule has 0 spiro atoms. The van der Waals surface area contributed by atoms with Gasteiger partial charge in [0, 0.05) is 17.4 Å². The Morgan fingerprint density at radius 3 is 2.38 bits per heavy atom. The molecule has 0 saturated heterocycles. The molecule has 1 amide bonds. The first kappa shape index (κ1) is 29.4. The average Bonchev–Trinajstić information content (AvgIpc) is 2.90. The van der Waals surface area contributed by atoms with Crippen LogP contribution in [-0.2, 0) is 4.79 Å². The molecule has 1 saturated carbocycles. The molecule has 3 N–H and O–H groups in total. The standard InChI is InChI=1S/C29H28ClF3N2O5/c1-29(39)12-10-16(11-13-29)14-20(26(36)35-19-5-2-17(3-6-19)27(37)38)22-8-4-18(15-34-22)24-23(40-28(32)33)9-7-21(30)25(24)31/h2-9,15-16,20,28,39H,10-14H2,1H3,(H,35,36)(H,37,38). The van der Waals surface area contributed by atoms with E-state index in [2.05, 4.69) is 15.0 Å². The van der Waals surface area contributed by atoms with E-state index < -0.39 is 35.7 Å². The van der Waals surface area contributed by atoms with E-state index >= 15 is 0 Å². The van der Waals surface area contributed by atoms with Crippen LogP contribution in [0.3, 0.4) is 0 Å². The van der Waals surface area contributed by atoms with Crippen LogP contribution in [0.1, 0.15) is 61.0 Å². The van der Waals surface area contributed by atoms with Crippen LogP contribution in [0.5, 0.6) is 5.75 Å². The van der Waals surface area contributed by atoms with Crippen molar-refractivity contribution in [2.24, 2.45) is 5.92 Å². The Labute approximate surface area is 234 Å². The van der Waals surface area contributed by atoms with E-state index in [9.17, 15) is 27.9 Å². The quantitative estimate of drug-likeness (QED) is 0.256. The molecule has 3 aromatic rings. The van der Waals surface area contributed by atoms with E-state index in [-0.39, 0.29) is 33.5 Å². The maximum atomic E-state index is 14.9. The van der Waals surface area contributed by atoms with Gasteiger partial charge in [0.25, 0.3) is 0 Å². The zero-order valence-corrected chi connectivity index (χ0v) is 22.3. The van der Waals surface area contributed by atoms with E-state index in [0.29, 0.717) is 43.5 Å². The SMILES string of the molecule is CC1(O)CCC(CC(C(=O)Nc2ccc(C(=O)O)cc2)c2ccc(-c3c(OC(F)F)ccc(Cl)c3F)cn2)CC1. The number of nitrogens with zero attached hydrogens (tertiary/aromatic N) is 1. The number of hydrogen-bond donors (Lipinski definition) is 3. The lowest BCUT2D eigenvalue weighted by Crippen LogP contribution is -2.32. The number of hydrogen-bond acceptors (Lipinski definition) is 5. The molecule has 11 heteroatoms. The van der Waals surface area contributed by atoms with Crippen molar-refractivity contribution in [2.75, 3.05) is 5.32 Å². The maximum absolute atomic E-state index is 14.9. The van der Waals surface area contributed by atoms with Crippen LogP contribution in [0.15, 0.2) is 54.7 Å². The Morgan fingerprint density at radius 1 is 1.12 bits per heavy atom. The maximum Gasteiger partial charge on any atom is 0.387 e. The van der Waals surface area contributed by atoms with Gasteiger partial charge in [0.2, 0.25) is 5.91 Å². The topological polar surface area (TPSA) is 109 Å². The number of aliphatic hydroxyl groups is 1. The van der Waals surface area contributed by atoms with E-state index in [1.807, 2.05) is 0 Å². The molecule has 212 valence electrons. The lowest BCUT2D eigenvalue weighted by molar-refractivity contribution is -0.118. The summed E-state index contributed by atoms with van der Waals surface area (Å²) in [6, 6.07) is 11.0. The van der Waals surface area contributed by atoms with Gasteiger partial charge in [0.05, 0.1) is 33.4 Å². The molecule has 1 aromatic heterocycles. The molecule has 1 aliphatic rings. The third-order valence-electron chi connectivity index (χ3n) is 7.17. The van der Waals surface area contributed by atoms with Crippen molar-refractivity contribution >= 4 is 29.2 Å². The number of ether oxygens (including phenoxy) is 1. The molecule has 4 rings (SSSR count). The monoisotopic (exact) mass is 576 g/mol. The van der Waals surface area contributed by atoms with Gasteiger partial charge in [-0.15, -0.1) is 0 Å². The van der Waals surface area contributed by atoms with Crippen molar-refractivity contribution in [3.05, 3.63) is 76.8 Å². The van der Waals surface area contributed by atoms with Gasteiger partial charge < -0.3 is 20.3 Å². The number of carbonyl (C=O) groups excluding carboxylic acids is 1. The van der Waals surface area contributed by atoms with Crippen molar-refractivity contribution in [2.45, 2.75) is 57.2 Å². The lowest BCUT2D eigenvalue weighted by atomic mass is 9.76. The summed E-state index contributed by atoms with van der Waals surface area (Å²) in [5, 5.41) is 22.0. The molecule has 1 aliphatic carbocycles. The Hall–Kier alpha value is -3.63. The van der Waals surface area contributed by atoms with Gasteiger partial charge in [-0.1, -0.05) is 17.7 Å². The lowest BCUT2D eigenvalue weighted by Gasteiger charge is -2.34. The summed E-state index contributed by atoms with van der Waals surface area (Å²) in [4.78, 5) is 29.0. The van der Waals surface area contributed by atoms with Crippen molar-refractivity contribution < 1.29 is 37.7 Å². The van der Waals surface area contributed by atoms with Crippen LogP contribution in [0.2, 0.25) is 5.02 Å². The van der Waals surface area contributed by atoms with Crippen LogP contribution < -0.4 is 10.1 Å². The van der Waals surface area contributed by atoms with E-state index in [1.165, 1.54) is 42.6 Å². The summed E-state index contributed by atoms with van der Waals surface area (Å²) in [6.45, 7) is -1.39. The number of carbonyl (C=O) groups is 2. The molecule has 1 heterocycles. The summed E-state index contributed by atoms with van der Waals surface area (Å²) in [6.07, 6.45) is 4.31. The Morgan fingerprint density at radius 2 is 1.80 bits per heavy atom. The van der Waals surface area contributed by atoms with Gasteiger partial charge >= 0.3 is 12.6 Å². The van der Waals surface area contributed by atoms with Gasteiger partial charge in [0.1, 0.15) is 5.75 Å². The fourth-order valence-corrected chi connectivity index (χ4v) is 5.07. The van der Waals surface area contributed by atoms with Crippen molar-refractivity contribution in [3.63, 3.8) is 0 Å². The highest BCUT2D eigenvalue weighted by Gasteiger charge is 2.33. The Balaban J connectivity index is 1.63. The molecular formula is C29H28ClF3N2O5. The number of carboxylic acids is 1. The minimum atomic E-state index is -3.18. The average molecular weight is 577 g/mol. The second-order valence-electron chi connectivity index (χ2n) is 10.2. The number of benzene rings is 2. The number of amides is 1. The summed E-state index contributed by atoms with van der Waals surface area (Å²) in [7, 11) is 0. The van der Waals surface area contributed by atoms with E-state index in [0.717, 1.165) is 12.1 Å². The van der Waals surface area contributed by atoms with E-state index in [1.54, 1.807) is 6.92 Å². The first-order valence-electron chi connectivity index (χ1n) is 12.7. The number of anilines is 1. The number of carboxylic acid groups (broad SMARTS) is 1. The van der Waals surface area contributed by atoms with Crippen molar-refractivity contribution in [1.29, 1.82) is 0 Å². The minimum Gasteiger partial charge on any atom is -0.478 e. The van der Waals surface area contributed by atoms with Crippen LogP contribution in [0.25, 0.3) is 11.1 Å². The van der Waals surface area contributed by atoms with Crippen LogP contribution in [0, 0.1) is 11.7 Å². The molecule has 40 heavy (non-hydrogen) atoms. The van der Waals surface area contributed by atoms with Gasteiger partial charge in [-0.25, -0.2) is 9.18 Å². The first-order valence-corrected chi connectivity index (χ1v) is 13.1. The van der Waals surface area contributed by atoms with Crippen molar-refractivity contribution in [1.82, 2.24) is 4.98 Å². The largest absolute Gasteiger partial charge is 0.478 e. The second kappa shape index (κ2) is 12.3. The minimum absolute atomic E-state index is 0.0736. The van der Waals surface area contributed by atoms with Crippen LogP contribution >= 0.6 is 11.6 Å². The van der Waals surface area contributed by atoms with E-state index in [4.69, 9.17) is 16.7 Å². The number of nitrogens with one attached hydrogen (secondary N) is 1. The van der Waals surface area contributed by atoms with Gasteiger partial charge in [0.15, 0.2) is 5.82 Å². The number of aromatic nitrogens is 1. The summed E-state index contributed by atoms with van der Waals surface area (Å²) >= 11 is 5.89. The molecule has 2 aromatic carbocycles.